The van der Waals surface area contributed by atoms with Gasteiger partial charge < -0.3 is 4.90 Å². The molecule has 0 aliphatic rings. The Morgan fingerprint density at radius 3 is 2.48 bits per heavy atom. The summed E-state index contributed by atoms with van der Waals surface area (Å²) in [6.45, 7) is 12.2. The first-order valence-corrected chi connectivity index (χ1v) is 10.4. The lowest BCUT2D eigenvalue weighted by molar-refractivity contribution is -0.894. The van der Waals surface area contributed by atoms with Crippen molar-refractivity contribution in [3.8, 4) is 0 Å². The van der Waals surface area contributed by atoms with Gasteiger partial charge >= 0.3 is 0 Å². The molecule has 0 aliphatic carbocycles. The normalized spacial score (nSPS) is 11.3. The quantitative estimate of drug-likeness (QED) is 0.679. The molecule has 0 saturated heterocycles. The minimum Gasteiger partial charge on any atom is -0.334 e. The third-order valence-corrected chi connectivity index (χ3v) is 6.26. The van der Waals surface area contributed by atoms with Crippen molar-refractivity contribution in [2.45, 2.75) is 27.7 Å². The van der Waals surface area contributed by atoms with Crippen molar-refractivity contribution in [2.75, 3.05) is 31.1 Å². The second-order valence-corrected chi connectivity index (χ2v) is 7.94. The van der Waals surface area contributed by atoms with Gasteiger partial charge in [-0.05, 0) is 63.1 Å². The van der Waals surface area contributed by atoms with Gasteiger partial charge in [0.1, 0.15) is 0 Å². The monoisotopic (exact) mass is 382 g/mol. The SMILES string of the molecule is CC[NH+](CC)CCN(C(=O)c1ccc(C)c(C)c1)c1nc2ccccc2s1. The van der Waals surface area contributed by atoms with E-state index in [4.69, 9.17) is 4.98 Å². The second-order valence-electron chi connectivity index (χ2n) is 6.93. The number of amides is 1. The molecule has 4 nitrogen and oxygen atoms in total. The van der Waals surface area contributed by atoms with E-state index in [2.05, 4.69) is 26.8 Å². The van der Waals surface area contributed by atoms with Gasteiger partial charge in [-0.3, -0.25) is 9.69 Å². The van der Waals surface area contributed by atoms with Gasteiger partial charge in [0, 0.05) is 5.56 Å². The van der Waals surface area contributed by atoms with Crippen molar-refractivity contribution in [3.05, 3.63) is 59.2 Å². The molecule has 0 aliphatic heterocycles. The van der Waals surface area contributed by atoms with E-state index in [-0.39, 0.29) is 5.91 Å². The molecule has 3 aromatic rings. The van der Waals surface area contributed by atoms with Crippen LogP contribution in [0, 0.1) is 13.8 Å². The maximum absolute atomic E-state index is 13.4. The average Bonchev–Trinajstić information content (AvgIpc) is 3.11. The molecule has 1 aromatic heterocycles. The Labute approximate surface area is 165 Å². The van der Waals surface area contributed by atoms with E-state index >= 15 is 0 Å². The summed E-state index contributed by atoms with van der Waals surface area (Å²) in [6.07, 6.45) is 0. The number of fused-ring (bicyclic) bond motifs is 1. The number of carbonyl (C=O) groups is 1. The van der Waals surface area contributed by atoms with Gasteiger partial charge in [0.05, 0.1) is 36.4 Å². The number of rotatable bonds is 7. The Morgan fingerprint density at radius 2 is 1.81 bits per heavy atom. The number of nitrogens with zero attached hydrogens (tertiary/aromatic N) is 2. The van der Waals surface area contributed by atoms with Crippen LogP contribution >= 0.6 is 11.3 Å². The Morgan fingerprint density at radius 1 is 1.07 bits per heavy atom. The number of quaternary nitrogens is 1. The van der Waals surface area contributed by atoms with Crippen LogP contribution in [0.5, 0.6) is 0 Å². The molecule has 0 radical (unpaired) electrons. The number of aromatic nitrogens is 1. The Bertz CT molecular complexity index is 897. The van der Waals surface area contributed by atoms with Crippen LogP contribution in [0.3, 0.4) is 0 Å². The van der Waals surface area contributed by atoms with Gasteiger partial charge in [-0.15, -0.1) is 0 Å². The number of nitrogens with one attached hydrogen (secondary N) is 1. The fourth-order valence-electron chi connectivity index (χ4n) is 3.16. The summed E-state index contributed by atoms with van der Waals surface area (Å²) in [5.41, 5.74) is 4.02. The molecule has 1 N–H and O–H groups in total. The Kier molecular flexibility index (Phi) is 6.24. The van der Waals surface area contributed by atoms with Gasteiger partial charge in [-0.2, -0.15) is 0 Å². The van der Waals surface area contributed by atoms with Crippen LogP contribution in [-0.4, -0.2) is 37.1 Å². The van der Waals surface area contributed by atoms with E-state index in [1.807, 2.05) is 48.2 Å². The number of hydrogen-bond donors (Lipinski definition) is 1. The topological polar surface area (TPSA) is 37.6 Å². The van der Waals surface area contributed by atoms with E-state index in [1.165, 1.54) is 10.5 Å². The van der Waals surface area contributed by atoms with Gasteiger partial charge in [-0.25, -0.2) is 4.98 Å². The number of aryl methyl sites for hydroxylation is 2. The van der Waals surface area contributed by atoms with E-state index < -0.39 is 0 Å². The molecule has 5 heteroatoms. The lowest BCUT2D eigenvalue weighted by Crippen LogP contribution is -3.12. The number of hydrogen-bond acceptors (Lipinski definition) is 3. The van der Waals surface area contributed by atoms with Gasteiger partial charge in [0.15, 0.2) is 5.13 Å². The zero-order chi connectivity index (χ0) is 19.4. The summed E-state index contributed by atoms with van der Waals surface area (Å²) in [4.78, 5) is 21.4. The molecule has 0 saturated carbocycles. The second kappa shape index (κ2) is 8.63. The predicted octanol–water partition coefficient (Wildman–Crippen LogP) is 3.48. The third kappa shape index (κ3) is 4.37. The van der Waals surface area contributed by atoms with Crippen LogP contribution in [0.15, 0.2) is 42.5 Å². The highest BCUT2D eigenvalue weighted by Crippen LogP contribution is 2.29. The van der Waals surface area contributed by atoms with E-state index in [1.54, 1.807) is 11.3 Å². The average molecular weight is 383 g/mol. The summed E-state index contributed by atoms with van der Waals surface area (Å²) in [6, 6.07) is 14.0. The third-order valence-electron chi connectivity index (χ3n) is 5.20. The van der Waals surface area contributed by atoms with Crippen molar-refractivity contribution in [1.29, 1.82) is 0 Å². The predicted molar refractivity (Wildman–Crippen MR) is 114 cm³/mol. The fraction of sp³-hybridized carbons (Fsp3) is 0.364. The van der Waals surface area contributed by atoms with Crippen LogP contribution < -0.4 is 9.80 Å². The fourth-order valence-corrected chi connectivity index (χ4v) is 4.15. The molecule has 2 aromatic carbocycles. The van der Waals surface area contributed by atoms with Crippen LogP contribution in [0.1, 0.15) is 35.3 Å². The highest BCUT2D eigenvalue weighted by Gasteiger charge is 2.23. The number of anilines is 1. The summed E-state index contributed by atoms with van der Waals surface area (Å²) in [7, 11) is 0. The van der Waals surface area contributed by atoms with Crippen LogP contribution in [0.4, 0.5) is 5.13 Å². The molecule has 1 amide bonds. The van der Waals surface area contributed by atoms with Gasteiger partial charge in [0.25, 0.3) is 5.91 Å². The largest absolute Gasteiger partial charge is 0.334 e. The number of benzene rings is 2. The highest BCUT2D eigenvalue weighted by atomic mass is 32.1. The molecule has 1 heterocycles. The minimum atomic E-state index is 0.0312. The number of carbonyl (C=O) groups excluding carboxylic acids is 1. The number of likely N-dealkylation sites (N-methyl/N-ethyl adjacent to an activating group) is 1. The molecular weight excluding hydrogens is 354 g/mol. The smallest absolute Gasteiger partial charge is 0.260 e. The molecule has 0 bridgehead atoms. The van der Waals surface area contributed by atoms with Crippen molar-refractivity contribution in [2.24, 2.45) is 0 Å². The standard InChI is InChI=1S/C22H27N3OS/c1-5-24(6-2)13-14-25(21(26)18-12-11-16(3)17(4)15-18)22-23-19-9-7-8-10-20(19)27-22/h7-12,15H,5-6,13-14H2,1-4H3/p+1. The van der Waals surface area contributed by atoms with E-state index in [0.29, 0.717) is 6.54 Å². The molecule has 0 spiro atoms. The lowest BCUT2D eigenvalue weighted by Gasteiger charge is -2.23. The van der Waals surface area contributed by atoms with Gasteiger partial charge in [-0.1, -0.05) is 29.5 Å². The maximum atomic E-state index is 13.4. The first-order chi connectivity index (χ1) is 13.0. The molecule has 3 rings (SSSR count). The number of thiazole rings is 1. The van der Waals surface area contributed by atoms with E-state index in [9.17, 15) is 4.79 Å². The van der Waals surface area contributed by atoms with Crippen molar-refractivity contribution < 1.29 is 9.69 Å². The first kappa shape index (κ1) is 19.5. The zero-order valence-electron chi connectivity index (χ0n) is 16.6. The first-order valence-electron chi connectivity index (χ1n) is 9.61. The maximum Gasteiger partial charge on any atom is 0.260 e. The van der Waals surface area contributed by atoms with Crippen LogP contribution in [-0.2, 0) is 0 Å². The molecule has 0 fully saturated rings. The van der Waals surface area contributed by atoms with Crippen molar-refractivity contribution in [3.63, 3.8) is 0 Å². The number of para-hydroxylation sites is 1. The van der Waals surface area contributed by atoms with Crippen molar-refractivity contribution >= 4 is 32.6 Å². The molecular formula is C22H28N3OS+. The molecule has 27 heavy (non-hydrogen) atoms. The van der Waals surface area contributed by atoms with Crippen LogP contribution in [0.2, 0.25) is 0 Å². The molecule has 0 atom stereocenters. The summed E-state index contributed by atoms with van der Waals surface area (Å²) in [5.74, 6) is 0.0312. The summed E-state index contributed by atoms with van der Waals surface area (Å²) in [5, 5.41) is 0.783. The van der Waals surface area contributed by atoms with Gasteiger partial charge in [0.2, 0.25) is 0 Å². The van der Waals surface area contributed by atoms with Crippen LogP contribution in [0.25, 0.3) is 10.2 Å². The summed E-state index contributed by atoms with van der Waals surface area (Å²) >= 11 is 1.59. The molecule has 0 unspecified atom stereocenters. The summed E-state index contributed by atoms with van der Waals surface area (Å²) < 4.78 is 1.11. The zero-order valence-corrected chi connectivity index (χ0v) is 17.4. The lowest BCUT2D eigenvalue weighted by atomic mass is 10.1. The van der Waals surface area contributed by atoms with Crippen molar-refractivity contribution in [1.82, 2.24) is 4.98 Å². The minimum absolute atomic E-state index is 0.0312. The van der Waals surface area contributed by atoms with E-state index in [0.717, 1.165) is 46.1 Å². The Hall–Kier alpha value is -2.24. The molecule has 142 valence electrons. The highest BCUT2D eigenvalue weighted by molar-refractivity contribution is 7.22. The Balaban J connectivity index is 1.95.